The molecule has 4 nitrogen and oxygen atoms in total. The second kappa shape index (κ2) is 7.47. The van der Waals surface area contributed by atoms with Crippen LogP contribution >= 0.6 is 0 Å². The van der Waals surface area contributed by atoms with Gasteiger partial charge in [-0.1, -0.05) is 13.8 Å². The van der Waals surface area contributed by atoms with Crippen LogP contribution in [-0.4, -0.2) is 31.6 Å². The zero-order chi connectivity index (χ0) is 20.5. The van der Waals surface area contributed by atoms with Crippen LogP contribution in [0, 0.1) is 52.8 Å². The topological polar surface area (TPSA) is 44.8 Å². The van der Waals surface area contributed by atoms with Gasteiger partial charge in [-0.15, -0.1) is 0 Å². The average molecular weight is 417 g/mol. The molecule has 7 fully saturated rings. The Hall–Kier alpha value is -0.610. The van der Waals surface area contributed by atoms with Crippen molar-refractivity contribution in [2.75, 3.05) is 13.4 Å². The highest BCUT2D eigenvalue weighted by molar-refractivity contribution is 5.73. The fourth-order valence-corrected chi connectivity index (χ4v) is 9.87. The van der Waals surface area contributed by atoms with Crippen LogP contribution in [-0.2, 0) is 19.0 Å². The highest BCUT2D eigenvalue weighted by atomic mass is 16.7. The number of carbonyl (C=O) groups excluding carboxylic acids is 1. The highest BCUT2D eigenvalue weighted by Crippen LogP contribution is 2.62. The van der Waals surface area contributed by atoms with Crippen LogP contribution in [0.15, 0.2) is 0 Å². The number of hydrogen-bond acceptors (Lipinski definition) is 4. The van der Waals surface area contributed by atoms with Gasteiger partial charge in [0.15, 0.2) is 6.79 Å². The maximum absolute atomic E-state index is 12.9. The first-order valence-electron chi connectivity index (χ1n) is 13.0. The molecule has 1 saturated heterocycles. The number of esters is 1. The predicted molar refractivity (Wildman–Crippen MR) is 113 cm³/mol. The van der Waals surface area contributed by atoms with Gasteiger partial charge in [0, 0.05) is 0 Å². The second-order valence-corrected chi connectivity index (χ2v) is 12.0. The van der Waals surface area contributed by atoms with Crippen molar-refractivity contribution in [2.24, 2.45) is 52.8 Å². The van der Waals surface area contributed by atoms with E-state index in [-0.39, 0.29) is 18.7 Å². The van der Waals surface area contributed by atoms with E-state index in [9.17, 15) is 4.79 Å². The van der Waals surface area contributed by atoms with Crippen LogP contribution in [0.4, 0.5) is 0 Å². The van der Waals surface area contributed by atoms with Crippen molar-refractivity contribution < 1.29 is 19.0 Å². The molecule has 168 valence electrons. The molecule has 6 aliphatic carbocycles. The van der Waals surface area contributed by atoms with Crippen molar-refractivity contribution in [3.05, 3.63) is 0 Å². The first-order chi connectivity index (χ1) is 14.6. The Morgan fingerprint density at radius 2 is 1.53 bits per heavy atom. The largest absolute Gasteiger partial charge is 0.438 e. The van der Waals surface area contributed by atoms with Crippen molar-refractivity contribution >= 4 is 5.97 Å². The predicted octanol–water partition coefficient (Wildman–Crippen LogP) is 5.20. The summed E-state index contributed by atoms with van der Waals surface area (Å²) in [6, 6.07) is 0. The van der Waals surface area contributed by atoms with E-state index < -0.39 is 0 Å². The summed E-state index contributed by atoms with van der Waals surface area (Å²) in [5, 5.41) is 0. The molecule has 7 atom stereocenters. The summed E-state index contributed by atoms with van der Waals surface area (Å²) < 4.78 is 18.1. The molecule has 6 saturated carbocycles. The summed E-state index contributed by atoms with van der Waals surface area (Å²) in [5.41, 5.74) is 0.394. The molecule has 0 spiro atoms. The Balaban J connectivity index is 1.02. The first kappa shape index (κ1) is 20.0. The standard InChI is InChI=1S/C26H40O4/c1-3-21-23-18-8-19(24(23)22(4-2)30-21)20(9-18)25(27)29-14-28-13-26-10-15-5-16(11-26)7-17(6-15)12-26/h15-24H,3-14H2,1-2H3. The van der Waals surface area contributed by atoms with Gasteiger partial charge in [0.05, 0.1) is 24.7 Å². The number of rotatable bonds is 7. The number of ether oxygens (including phenoxy) is 3. The van der Waals surface area contributed by atoms with Gasteiger partial charge in [0.25, 0.3) is 0 Å². The summed E-state index contributed by atoms with van der Waals surface area (Å²) in [7, 11) is 0. The smallest absolute Gasteiger partial charge is 0.311 e. The molecule has 7 aliphatic rings. The molecule has 1 heterocycles. The quantitative estimate of drug-likeness (QED) is 0.325. The second-order valence-electron chi connectivity index (χ2n) is 12.0. The third kappa shape index (κ3) is 3.10. The van der Waals surface area contributed by atoms with E-state index in [1.165, 1.54) is 44.9 Å². The molecule has 0 N–H and O–H groups in total. The molecule has 7 rings (SSSR count). The fourth-order valence-electron chi connectivity index (χ4n) is 9.87. The Morgan fingerprint density at radius 3 is 2.17 bits per heavy atom. The summed E-state index contributed by atoms with van der Waals surface area (Å²) in [6.45, 7) is 5.44. The van der Waals surface area contributed by atoms with E-state index in [0.717, 1.165) is 43.6 Å². The number of fused-ring (bicyclic) bond motifs is 5. The minimum atomic E-state index is 0.00117. The minimum Gasteiger partial charge on any atom is -0.438 e. The first-order valence-corrected chi connectivity index (χ1v) is 13.0. The molecule has 1 aliphatic heterocycles. The van der Waals surface area contributed by atoms with Crippen molar-refractivity contribution in [1.29, 1.82) is 0 Å². The number of hydrogen-bond donors (Lipinski definition) is 0. The Bertz CT molecular complexity index is 639. The van der Waals surface area contributed by atoms with Crippen LogP contribution in [0.2, 0.25) is 0 Å². The lowest BCUT2D eigenvalue weighted by Gasteiger charge is -2.56. The summed E-state index contributed by atoms with van der Waals surface area (Å²) >= 11 is 0. The van der Waals surface area contributed by atoms with Gasteiger partial charge in [-0.05, 0) is 111 Å². The maximum atomic E-state index is 12.9. The molecule has 0 aromatic rings. The van der Waals surface area contributed by atoms with Crippen LogP contribution in [0.5, 0.6) is 0 Å². The Kier molecular flexibility index (Phi) is 4.99. The average Bonchev–Trinajstić information content (AvgIpc) is 3.40. The summed E-state index contributed by atoms with van der Waals surface area (Å²) in [6.07, 6.45) is 13.6. The Labute approximate surface area is 181 Å². The van der Waals surface area contributed by atoms with E-state index in [4.69, 9.17) is 14.2 Å². The molecule has 0 aromatic heterocycles. The van der Waals surface area contributed by atoms with E-state index in [0.29, 0.717) is 41.3 Å². The highest BCUT2D eigenvalue weighted by Gasteiger charge is 2.62. The summed E-state index contributed by atoms with van der Waals surface area (Å²) in [4.78, 5) is 12.9. The lowest BCUT2D eigenvalue weighted by molar-refractivity contribution is -0.173. The van der Waals surface area contributed by atoms with E-state index in [1.807, 2.05) is 0 Å². The van der Waals surface area contributed by atoms with Crippen molar-refractivity contribution in [1.82, 2.24) is 0 Å². The van der Waals surface area contributed by atoms with Crippen molar-refractivity contribution in [3.63, 3.8) is 0 Å². The zero-order valence-corrected chi connectivity index (χ0v) is 18.9. The normalized spacial score (nSPS) is 52.7. The molecule has 30 heavy (non-hydrogen) atoms. The third-order valence-corrected chi connectivity index (χ3v) is 10.3. The zero-order valence-electron chi connectivity index (χ0n) is 18.9. The van der Waals surface area contributed by atoms with Crippen LogP contribution in [0.3, 0.4) is 0 Å². The Morgan fingerprint density at radius 1 is 0.900 bits per heavy atom. The van der Waals surface area contributed by atoms with Gasteiger partial charge in [-0.2, -0.15) is 0 Å². The summed E-state index contributed by atoms with van der Waals surface area (Å²) in [5.74, 6) is 5.29. The van der Waals surface area contributed by atoms with Gasteiger partial charge in [0.2, 0.25) is 0 Å². The molecule has 7 unspecified atom stereocenters. The molecule has 0 radical (unpaired) electrons. The van der Waals surface area contributed by atoms with E-state index in [2.05, 4.69) is 13.8 Å². The van der Waals surface area contributed by atoms with Crippen LogP contribution in [0.25, 0.3) is 0 Å². The van der Waals surface area contributed by atoms with Crippen molar-refractivity contribution in [2.45, 2.75) is 90.3 Å². The SMILES string of the molecule is CCC1OC(CC)C2C3CC(CC3C(=O)OCOCC34CC5CC(CC(C5)C3)C4)C12. The molecular formula is C26H40O4. The van der Waals surface area contributed by atoms with Crippen LogP contribution in [0.1, 0.15) is 78.1 Å². The van der Waals surface area contributed by atoms with Gasteiger partial charge in [-0.25, -0.2) is 0 Å². The van der Waals surface area contributed by atoms with Crippen LogP contribution < -0.4 is 0 Å². The van der Waals surface area contributed by atoms with E-state index >= 15 is 0 Å². The van der Waals surface area contributed by atoms with Gasteiger partial charge >= 0.3 is 5.97 Å². The maximum Gasteiger partial charge on any atom is 0.311 e. The lowest BCUT2D eigenvalue weighted by Crippen LogP contribution is -2.48. The molecule has 6 bridgehead atoms. The van der Waals surface area contributed by atoms with Gasteiger partial charge in [-0.3, -0.25) is 4.79 Å². The molecule has 0 amide bonds. The molecule has 0 aromatic carbocycles. The molecule has 4 heteroatoms. The van der Waals surface area contributed by atoms with E-state index in [1.54, 1.807) is 0 Å². The molecular weight excluding hydrogens is 376 g/mol. The minimum absolute atomic E-state index is 0.00117. The fraction of sp³-hybridized carbons (Fsp3) is 0.962. The third-order valence-electron chi connectivity index (χ3n) is 10.3. The van der Waals surface area contributed by atoms with Crippen molar-refractivity contribution in [3.8, 4) is 0 Å². The number of carbonyl (C=O) groups is 1. The van der Waals surface area contributed by atoms with Gasteiger partial charge < -0.3 is 14.2 Å². The lowest BCUT2D eigenvalue weighted by atomic mass is 9.50. The van der Waals surface area contributed by atoms with Gasteiger partial charge in [0.1, 0.15) is 0 Å². The monoisotopic (exact) mass is 416 g/mol.